The van der Waals surface area contributed by atoms with Gasteiger partial charge in [-0.25, -0.2) is 9.00 Å². The Bertz CT molecular complexity index is 894. The van der Waals surface area contributed by atoms with E-state index >= 15 is 0 Å². The van der Waals surface area contributed by atoms with Crippen LogP contribution in [0, 0.1) is 0 Å². The molecule has 0 aromatic heterocycles. The summed E-state index contributed by atoms with van der Waals surface area (Å²) in [5.41, 5.74) is 3.87. The van der Waals surface area contributed by atoms with Crippen LogP contribution >= 0.6 is 0 Å². The number of rotatable bonds is 8. The summed E-state index contributed by atoms with van der Waals surface area (Å²) in [5, 5.41) is 0. The van der Waals surface area contributed by atoms with Gasteiger partial charge >= 0.3 is 5.97 Å². The van der Waals surface area contributed by atoms with Crippen molar-refractivity contribution < 1.29 is 18.3 Å². The molecule has 160 valence electrons. The minimum atomic E-state index is -1.79. The lowest BCUT2D eigenvalue weighted by Gasteiger charge is -2.34. The van der Waals surface area contributed by atoms with Crippen molar-refractivity contribution in [2.75, 3.05) is 32.7 Å². The number of hydrogen-bond acceptors (Lipinski definition) is 5. The molecular formula is C23H28N2O4S. The highest BCUT2D eigenvalue weighted by molar-refractivity contribution is 7.78. The second kappa shape index (κ2) is 9.83. The number of ether oxygens (including phenoxy) is 1. The van der Waals surface area contributed by atoms with Crippen molar-refractivity contribution in [3.05, 3.63) is 70.8 Å². The maximum atomic E-state index is 11.9. The second-order valence-electron chi connectivity index (χ2n) is 8.02. The third-order valence-corrected chi connectivity index (χ3v) is 6.48. The minimum Gasteiger partial charge on any atom is -0.454 e. The summed E-state index contributed by atoms with van der Waals surface area (Å²) in [6.07, 6.45) is 1.79. The van der Waals surface area contributed by atoms with Crippen molar-refractivity contribution in [1.82, 2.24) is 9.80 Å². The van der Waals surface area contributed by atoms with Crippen LogP contribution in [0.1, 0.15) is 46.0 Å². The van der Waals surface area contributed by atoms with E-state index in [9.17, 15) is 9.00 Å². The molecule has 2 aromatic carbocycles. The van der Waals surface area contributed by atoms with Crippen molar-refractivity contribution in [3.63, 3.8) is 0 Å². The summed E-state index contributed by atoms with van der Waals surface area (Å²) in [6.45, 7) is 6.08. The first-order valence-electron chi connectivity index (χ1n) is 10.5. The lowest BCUT2D eigenvalue weighted by atomic mass is 10.0. The Kier molecular flexibility index (Phi) is 6.94. The van der Waals surface area contributed by atoms with Crippen molar-refractivity contribution in [2.45, 2.75) is 31.2 Å². The zero-order valence-electron chi connectivity index (χ0n) is 17.0. The highest BCUT2D eigenvalue weighted by Gasteiger charge is 2.30. The largest absolute Gasteiger partial charge is 0.454 e. The van der Waals surface area contributed by atoms with Crippen molar-refractivity contribution in [1.29, 1.82) is 0 Å². The second-order valence-corrected chi connectivity index (χ2v) is 8.96. The number of carbonyl (C=O) groups is 1. The smallest absolute Gasteiger partial charge is 0.339 e. The number of fused-ring (bicyclic) bond motifs is 1. The average Bonchev–Trinajstić information content (AvgIpc) is 3.06. The molecule has 1 saturated heterocycles. The zero-order chi connectivity index (χ0) is 20.9. The van der Waals surface area contributed by atoms with E-state index in [1.165, 1.54) is 5.56 Å². The SMILES string of the molecule is O=C1OC(CCCN2CCN(Cc3ccc(CS(=O)O)cc3)CC2)c2ccccc21. The van der Waals surface area contributed by atoms with Crippen molar-refractivity contribution in [3.8, 4) is 0 Å². The van der Waals surface area contributed by atoms with Crippen LogP contribution in [-0.4, -0.2) is 57.3 Å². The monoisotopic (exact) mass is 428 g/mol. The molecule has 2 unspecified atom stereocenters. The van der Waals surface area contributed by atoms with E-state index in [0.717, 1.165) is 63.2 Å². The van der Waals surface area contributed by atoms with Crippen LogP contribution in [0.25, 0.3) is 0 Å². The van der Waals surface area contributed by atoms with E-state index in [2.05, 4.69) is 21.9 Å². The van der Waals surface area contributed by atoms with E-state index in [1.54, 1.807) is 0 Å². The number of carbonyl (C=O) groups excluding carboxylic acids is 1. The van der Waals surface area contributed by atoms with E-state index in [0.29, 0.717) is 5.56 Å². The Morgan fingerprint density at radius 1 is 0.967 bits per heavy atom. The number of esters is 1. The molecule has 1 fully saturated rings. The van der Waals surface area contributed by atoms with E-state index in [1.807, 2.05) is 36.4 Å². The summed E-state index contributed by atoms with van der Waals surface area (Å²) < 4.78 is 25.4. The molecule has 1 N–H and O–H groups in total. The Labute approximate surface area is 180 Å². The van der Waals surface area contributed by atoms with Gasteiger partial charge in [0.15, 0.2) is 11.1 Å². The molecule has 0 bridgehead atoms. The fourth-order valence-corrected chi connectivity index (χ4v) is 4.72. The van der Waals surface area contributed by atoms with Crippen LogP contribution in [0.15, 0.2) is 48.5 Å². The zero-order valence-corrected chi connectivity index (χ0v) is 17.9. The molecule has 0 amide bonds. The van der Waals surface area contributed by atoms with Gasteiger partial charge in [-0.2, -0.15) is 0 Å². The van der Waals surface area contributed by atoms with Crippen LogP contribution < -0.4 is 0 Å². The van der Waals surface area contributed by atoms with Gasteiger partial charge in [-0.05, 0) is 36.6 Å². The summed E-state index contributed by atoms with van der Waals surface area (Å²) in [4.78, 5) is 16.9. The number of cyclic esters (lactones) is 1. The third-order valence-electron chi connectivity index (χ3n) is 5.90. The maximum absolute atomic E-state index is 11.9. The average molecular weight is 429 g/mol. The summed E-state index contributed by atoms with van der Waals surface area (Å²) in [6, 6.07) is 15.7. The van der Waals surface area contributed by atoms with Crippen molar-refractivity contribution in [2.24, 2.45) is 0 Å². The highest BCUT2D eigenvalue weighted by Crippen LogP contribution is 2.33. The van der Waals surface area contributed by atoms with Crippen LogP contribution in [0.5, 0.6) is 0 Å². The number of nitrogens with zero attached hydrogens (tertiary/aromatic N) is 2. The first-order chi connectivity index (χ1) is 14.6. The molecule has 0 radical (unpaired) electrons. The first-order valence-corrected chi connectivity index (χ1v) is 11.8. The predicted molar refractivity (Wildman–Crippen MR) is 116 cm³/mol. The maximum Gasteiger partial charge on any atom is 0.339 e. The molecule has 2 atom stereocenters. The van der Waals surface area contributed by atoms with Crippen LogP contribution in [0.4, 0.5) is 0 Å². The Hall–Kier alpha value is -2.06. The van der Waals surface area contributed by atoms with Gasteiger partial charge in [-0.3, -0.25) is 4.90 Å². The summed E-state index contributed by atoms with van der Waals surface area (Å²) >= 11 is -1.79. The topological polar surface area (TPSA) is 70.1 Å². The molecule has 2 aromatic rings. The van der Waals surface area contributed by atoms with E-state index in [-0.39, 0.29) is 17.8 Å². The van der Waals surface area contributed by atoms with Gasteiger partial charge in [0.2, 0.25) is 0 Å². The predicted octanol–water partition coefficient (Wildman–Crippen LogP) is 3.22. The van der Waals surface area contributed by atoms with Gasteiger partial charge in [0.25, 0.3) is 0 Å². The first kappa shape index (κ1) is 21.2. The number of hydrogen-bond donors (Lipinski definition) is 1. The van der Waals surface area contributed by atoms with E-state index in [4.69, 9.17) is 9.29 Å². The quantitative estimate of drug-likeness (QED) is 0.514. The van der Waals surface area contributed by atoms with Gasteiger partial charge < -0.3 is 14.2 Å². The molecule has 30 heavy (non-hydrogen) atoms. The molecule has 2 aliphatic heterocycles. The summed E-state index contributed by atoms with van der Waals surface area (Å²) in [5.74, 6) is -0.00760. The van der Waals surface area contributed by atoms with Gasteiger partial charge in [-0.15, -0.1) is 0 Å². The molecule has 4 rings (SSSR count). The van der Waals surface area contributed by atoms with E-state index < -0.39 is 11.1 Å². The molecule has 2 aliphatic rings. The fourth-order valence-electron chi connectivity index (χ4n) is 4.25. The minimum absolute atomic E-state index is 0.0961. The Balaban J connectivity index is 1.17. The molecule has 7 heteroatoms. The van der Waals surface area contributed by atoms with Gasteiger partial charge in [0.05, 0.1) is 11.3 Å². The summed E-state index contributed by atoms with van der Waals surface area (Å²) in [7, 11) is 0. The lowest BCUT2D eigenvalue weighted by molar-refractivity contribution is 0.0353. The molecule has 0 spiro atoms. The molecular weight excluding hydrogens is 400 g/mol. The lowest BCUT2D eigenvalue weighted by Crippen LogP contribution is -2.46. The molecule has 2 heterocycles. The van der Waals surface area contributed by atoms with Crippen LogP contribution in [0.2, 0.25) is 0 Å². The van der Waals surface area contributed by atoms with Crippen molar-refractivity contribution >= 4 is 17.0 Å². The molecule has 0 aliphatic carbocycles. The molecule has 0 saturated carbocycles. The normalized spacial score (nSPS) is 20.7. The fraction of sp³-hybridized carbons (Fsp3) is 0.435. The van der Waals surface area contributed by atoms with Gasteiger partial charge in [-0.1, -0.05) is 42.5 Å². The van der Waals surface area contributed by atoms with Gasteiger partial charge in [0, 0.05) is 38.3 Å². The van der Waals surface area contributed by atoms with Crippen LogP contribution in [-0.2, 0) is 28.1 Å². The number of piperazine rings is 1. The van der Waals surface area contributed by atoms with Crippen LogP contribution in [0.3, 0.4) is 0 Å². The highest BCUT2D eigenvalue weighted by atomic mass is 32.2. The Morgan fingerprint density at radius 2 is 1.63 bits per heavy atom. The standard InChI is InChI=1S/C23H28N2O4S/c26-23-21-5-2-1-4-20(21)22(29-23)6-3-11-24-12-14-25(15-13-24)16-18-7-9-19(10-8-18)17-30(27)28/h1-2,4-5,7-10,22H,3,6,11-17H2,(H,27,28). The Morgan fingerprint density at radius 3 is 2.37 bits per heavy atom. The number of benzene rings is 2. The third kappa shape index (κ3) is 5.35. The molecule has 6 nitrogen and oxygen atoms in total. The van der Waals surface area contributed by atoms with Gasteiger partial charge in [0.1, 0.15) is 6.10 Å².